The van der Waals surface area contributed by atoms with Crippen molar-refractivity contribution in [2.45, 2.75) is 32.3 Å². The Morgan fingerprint density at radius 1 is 1.40 bits per heavy atom. The van der Waals surface area contributed by atoms with Crippen LogP contribution < -0.4 is 0 Å². The van der Waals surface area contributed by atoms with Crippen LogP contribution in [0.4, 0.5) is 4.79 Å². The summed E-state index contributed by atoms with van der Waals surface area (Å²) < 4.78 is 10.7. The van der Waals surface area contributed by atoms with Crippen molar-refractivity contribution in [2.24, 2.45) is 0 Å². The minimum atomic E-state index is -1.27. The number of benzene rings is 1. The summed E-state index contributed by atoms with van der Waals surface area (Å²) in [7, 11) is 0. The number of rotatable bonds is 5. The topological polar surface area (TPSA) is 76.1 Å². The van der Waals surface area contributed by atoms with Gasteiger partial charge in [0.05, 0.1) is 0 Å². The van der Waals surface area contributed by atoms with Crippen molar-refractivity contribution in [3.05, 3.63) is 35.9 Å². The molecule has 1 aromatic carbocycles. The summed E-state index contributed by atoms with van der Waals surface area (Å²) in [6.07, 6.45) is -2.65. The molecule has 6 heteroatoms. The molecule has 2 amide bonds. The molecular weight excluding hydrogens is 262 g/mol. The molecule has 0 aromatic heterocycles. The number of carbonyl (C=O) groups excluding carboxylic acids is 1. The lowest BCUT2D eigenvalue weighted by Crippen LogP contribution is -2.62. The maximum Gasteiger partial charge on any atom is 0.414 e. The van der Waals surface area contributed by atoms with E-state index in [1.807, 2.05) is 13.0 Å². The lowest BCUT2D eigenvalue weighted by molar-refractivity contribution is -0.210. The summed E-state index contributed by atoms with van der Waals surface area (Å²) in [5, 5.41) is 9.11. The molecule has 1 heterocycles. The number of carbonyl (C=O) groups is 2. The fourth-order valence-electron chi connectivity index (χ4n) is 2.26. The Balaban J connectivity index is 2.18. The van der Waals surface area contributed by atoms with Gasteiger partial charge < -0.3 is 14.6 Å². The zero-order chi connectivity index (χ0) is 14.7. The molecule has 0 aliphatic carbocycles. The average molecular weight is 279 g/mol. The second-order valence-electron chi connectivity index (χ2n) is 4.43. The number of likely N-dealkylation sites (tertiary alicyclic amines) is 1. The summed E-state index contributed by atoms with van der Waals surface area (Å²) in [6.45, 7) is 3.96. The van der Waals surface area contributed by atoms with Gasteiger partial charge in [0, 0.05) is 6.61 Å². The van der Waals surface area contributed by atoms with E-state index in [1.54, 1.807) is 31.2 Å². The molecule has 1 fully saturated rings. The van der Waals surface area contributed by atoms with Gasteiger partial charge in [-0.1, -0.05) is 30.3 Å². The second-order valence-corrected chi connectivity index (χ2v) is 4.43. The Morgan fingerprint density at radius 2 is 2.05 bits per heavy atom. The minimum Gasteiger partial charge on any atom is -0.465 e. The monoisotopic (exact) mass is 279 g/mol. The van der Waals surface area contributed by atoms with E-state index in [0.29, 0.717) is 6.61 Å². The molecule has 1 aliphatic heterocycles. The fraction of sp³-hybridized carbons (Fsp3) is 0.429. The SMILES string of the molecule is CCOC(C)O[C@H]1C(=O)N(C(=O)O)[C@H]1c1ccccc1. The molecule has 1 aromatic rings. The number of hydrogen-bond donors (Lipinski definition) is 1. The lowest BCUT2D eigenvalue weighted by atomic mass is 9.91. The second kappa shape index (κ2) is 6.02. The van der Waals surface area contributed by atoms with E-state index in [-0.39, 0.29) is 0 Å². The Bertz CT molecular complexity index is 490. The van der Waals surface area contributed by atoms with Crippen molar-refractivity contribution in [3.8, 4) is 0 Å². The van der Waals surface area contributed by atoms with E-state index in [9.17, 15) is 9.59 Å². The van der Waals surface area contributed by atoms with Gasteiger partial charge in [-0.3, -0.25) is 4.79 Å². The Kier molecular flexibility index (Phi) is 4.36. The van der Waals surface area contributed by atoms with Crippen LogP contribution in [-0.2, 0) is 14.3 Å². The van der Waals surface area contributed by atoms with Crippen LogP contribution in [0.2, 0.25) is 0 Å². The maximum atomic E-state index is 11.9. The molecule has 1 saturated heterocycles. The summed E-state index contributed by atoms with van der Waals surface area (Å²) in [4.78, 5) is 23.8. The largest absolute Gasteiger partial charge is 0.465 e. The number of hydrogen-bond acceptors (Lipinski definition) is 4. The highest BCUT2D eigenvalue weighted by atomic mass is 16.7. The zero-order valence-corrected chi connectivity index (χ0v) is 11.4. The normalized spacial score (nSPS) is 23.3. The highest BCUT2D eigenvalue weighted by Crippen LogP contribution is 2.37. The third-order valence-corrected chi connectivity index (χ3v) is 3.13. The number of amides is 2. The number of carboxylic acid groups (broad SMARTS) is 1. The predicted molar refractivity (Wildman–Crippen MR) is 70.0 cm³/mol. The van der Waals surface area contributed by atoms with Gasteiger partial charge in [0.2, 0.25) is 0 Å². The van der Waals surface area contributed by atoms with E-state index in [4.69, 9.17) is 14.6 Å². The van der Waals surface area contributed by atoms with Crippen molar-refractivity contribution >= 4 is 12.0 Å². The van der Waals surface area contributed by atoms with Crippen LogP contribution in [0.3, 0.4) is 0 Å². The third-order valence-electron chi connectivity index (χ3n) is 3.13. The van der Waals surface area contributed by atoms with Gasteiger partial charge in [0.15, 0.2) is 12.4 Å². The highest BCUT2D eigenvalue weighted by Gasteiger charge is 2.53. The van der Waals surface area contributed by atoms with E-state index < -0.39 is 30.4 Å². The van der Waals surface area contributed by atoms with Gasteiger partial charge in [-0.05, 0) is 19.4 Å². The number of ether oxygens (including phenoxy) is 2. The molecule has 20 heavy (non-hydrogen) atoms. The summed E-state index contributed by atoms with van der Waals surface area (Å²) in [5.74, 6) is -0.557. The summed E-state index contributed by atoms with van der Waals surface area (Å²) in [6, 6.07) is 8.34. The standard InChI is InChI=1S/C14H17NO5/c1-3-19-9(2)20-12-11(10-7-5-4-6-8-10)15(13(12)16)14(17)18/h4-9,11-12H,3H2,1-2H3,(H,17,18)/t9?,11-,12+/m0/s1. The molecule has 3 atom stereocenters. The van der Waals surface area contributed by atoms with Crippen LogP contribution in [0.15, 0.2) is 30.3 Å². The molecule has 0 spiro atoms. The minimum absolute atomic E-state index is 0.459. The van der Waals surface area contributed by atoms with Crippen LogP contribution in [0, 0.1) is 0 Å². The van der Waals surface area contributed by atoms with Crippen molar-refractivity contribution in [2.75, 3.05) is 6.61 Å². The number of nitrogens with zero attached hydrogens (tertiary/aromatic N) is 1. The molecule has 108 valence electrons. The van der Waals surface area contributed by atoms with Crippen molar-refractivity contribution in [1.29, 1.82) is 0 Å². The predicted octanol–water partition coefficient (Wildman–Crippen LogP) is 2.02. The first-order valence-electron chi connectivity index (χ1n) is 6.44. The quantitative estimate of drug-likeness (QED) is 0.659. The van der Waals surface area contributed by atoms with E-state index in [2.05, 4.69) is 0 Å². The van der Waals surface area contributed by atoms with E-state index in [1.165, 1.54) is 0 Å². The summed E-state index contributed by atoms with van der Waals surface area (Å²) >= 11 is 0. The first-order valence-corrected chi connectivity index (χ1v) is 6.44. The third kappa shape index (κ3) is 2.66. The molecule has 0 radical (unpaired) electrons. The van der Waals surface area contributed by atoms with Gasteiger partial charge in [0.1, 0.15) is 6.04 Å². The molecule has 1 aliphatic rings. The van der Waals surface area contributed by atoms with Crippen LogP contribution in [0.25, 0.3) is 0 Å². The smallest absolute Gasteiger partial charge is 0.414 e. The van der Waals surface area contributed by atoms with Crippen LogP contribution in [-0.4, -0.2) is 41.0 Å². The molecule has 6 nitrogen and oxygen atoms in total. The molecule has 0 bridgehead atoms. The van der Waals surface area contributed by atoms with Gasteiger partial charge in [-0.2, -0.15) is 0 Å². The van der Waals surface area contributed by atoms with Gasteiger partial charge in [-0.15, -0.1) is 0 Å². The molecule has 1 unspecified atom stereocenters. The van der Waals surface area contributed by atoms with Crippen LogP contribution >= 0.6 is 0 Å². The summed E-state index contributed by atoms with van der Waals surface area (Å²) in [5.41, 5.74) is 0.725. The van der Waals surface area contributed by atoms with Crippen molar-refractivity contribution in [3.63, 3.8) is 0 Å². The Hall–Kier alpha value is -1.92. The van der Waals surface area contributed by atoms with E-state index in [0.717, 1.165) is 10.5 Å². The van der Waals surface area contributed by atoms with Gasteiger partial charge in [-0.25, -0.2) is 9.69 Å². The Morgan fingerprint density at radius 3 is 2.60 bits per heavy atom. The number of imide groups is 1. The molecular formula is C14H17NO5. The van der Waals surface area contributed by atoms with Crippen molar-refractivity contribution < 1.29 is 24.2 Å². The fourth-order valence-corrected chi connectivity index (χ4v) is 2.26. The van der Waals surface area contributed by atoms with Crippen LogP contribution in [0.1, 0.15) is 25.5 Å². The van der Waals surface area contributed by atoms with Crippen LogP contribution in [0.5, 0.6) is 0 Å². The zero-order valence-electron chi connectivity index (χ0n) is 11.4. The molecule has 0 saturated carbocycles. The first-order chi connectivity index (χ1) is 9.56. The lowest BCUT2D eigenvalue weighted by Gasteiger charge is -2.44. The van der Waals surface area contributed by atoms with Gasteiger partial charge >= 0.3 is 6.09 Å². The first kappa shape index (κ1) is 14.5. The maximum absolute atomic E-state index is 11.9. The van der Waals surface area contributed by atoms with E-state index >= 15 is 0 Å². The molecule has 2 rings (SSSR count). The Labute approximate surface area is 116 Å². The molecule has 1 N–H and O–H groups in total. The van der Waals surface area contributed by atoms with Crippen molar-refractivity contribution in [1.82, 2.24) is 4.90 Å². The number of β-lactam (4-membered cyclic amide) rings is 1. The highest BCUT2D eigenvalue weighted by molar-refractivity contribution is 6.00. The van der Waals surface area contributed by atoms with Gasteiger partial charge in [0.25, 0.3) is 5.91 Å². The average Bonchev–Trinajstić information content (AvgIpc) is 2.42.